The van der Waals surface area contributed by atoms with Crippen LogP contribution in [0.4, 0.5) is 5.69 Å². The minimum atomic E-state index is 0.340. The molecule has 2 aliphatic rings. The number of benzene rings is 1. The van der Waals surface area contributed by atoms with Crippen molar-refractivity contribution in [3.8, 4) is 0 Å². The molecule has 2 aromatic rings. The highest BCUT2D eigenvalue weighted by Crippen LogP contribution is 2.50. The Balaban J connectivity index is 1.80. The van der Waals surface area contributed by atoms with Crippen LogP contribution in [0.2, 0.25) is 5.02 Å². The second-order valence-corrected chi connectivity index (χ2v) is 5.92. The molecule has 1 aliphatic heterocycles. The number of anilines is 1. The number of nitrogens with one attached hydrogen (secondary N) is 1. The highest BCUT2D eigenvalue weighted by Gasteiger charge is 2.37. The van der Waals surface area contributed by atoms with Gasteiger partial charge in [0.1, 0.15) is 0 Å². The summed E-state index contributed by atoms with van der Waals surface area (Å²) in [4.78, 5) is 4.12. The minimum absolute atomic E-state index is 0.340. The van der Waals surface area contributed by atoms with Gasteiger partial charge >= 0.3 is 0 Å². The van der Waals surface area contributed by atoms with Crippen LogP contribution in [0.1, 0.15) is 29.5 Å². The molecule has 1 aliphatic carbocycles. The predicted molar refractivity (Wildman–Crippen MR) is 82.0 cm³/mol. The molecule has 1 aromatic heterocycles. The molecule has 0 unspecified atom stereocenters. The second-order valence-electron chi connectivity index (χ2n) is 5.49. The van der Waals surface area contributed by atoms with Crippen molar-refractivity contribution in [3.05, 3.63) is 71.0 Å². The number of pyridine rings is 1. The van der Waals surface area contributed by atoms with Crippen LogP contribution in [-0.2, 0) is 0 Å². The lowest BCUT2D eigenvalue weighted by atomic mass is 9.77. The van der Waals surface area contributed by atoms with E-state index >= 15 is 0 Å². The van der Waals surface area contributed by atoms with E-state index in [4.69, 9.17) is 11.6 Å². The van der Waals surface area contributed by atoms with E-state index in [1.165, 1.54) is 16.8 Å². The summed E-state index contributed by atoms with van der Waals surface area (Å²) in [7, 11) is 0. The van der Waals surface area contributed by atoms with E-state index in [1.807, 2.05) is 18.5 Å². The van der Waals surface area contributed by atoms with Gasteiger partial charge in [-0.3, -0.25) is 4.98 Å². The zero-order chi connectivity index (χ0) is 13.5. The van der Waals surface area contributed by atoms with Gasteiger partial charge in [-0.05, 0) is 53.8 Å². The largest absolute Gasteiger partial charge is 0.378 e. The highest BCUT2D eigenvalue weighted by atomic mass is 35.5. The van der Waals surface area contributed by atoms with Gasteiger partial charge in [-0.1, -0.05) is 23.8 Å². The first kappa shape index (κ1) is 12.0. The number of hydrogen-bond acceptors (Lipinski definition) is 2. The molecule has 3 heteroatoms. The van der Waals surface area contributed by atoms with Crippen molar-refractivity contribution in [1.82, 2.24) is 4.98 Å². The zero-order valence-electron chi connectivity index (χ0n) is 11.0. The summed E-state index contributed by atoms with van der Waals surface area (Å²) in [5.41, 5.74) is 3.82. The fraction of sp³-hybridized carbons (Fsp3) is 0.235. The highest BCUT2D eigenvalue weighted by molar-refractivity contribution is 6.30. The normalized spacial score (nSPS) is 26.8. The zero-order valence-corrected chi connectivity index (χ0v) is 11.7. The Labute approximate surface area is 123 Å². The van der Waals surface area contributed by atoms with Gasteiger partial charge in [0.05, 0.1) is 6.04 Å². The summed E-state index contributed by atoms with van der Waals surface area (Å²) in [5.74, 6) is 1.02. The second kappa shape index (κ2) is 4.64. The summed E-state index contributed by atoms with van der Waals surface area (Å²) < 4.78 is 0. The van der Waals surface area contributed by atoms with Gasteiger partial charge in [0.25, 0.3) is 0 Å². The number of fused-ring (bicyclic) bond motifs is 3. The average Bonchev–Trinajstić information content (AvgIpc) is 2.97. The van der Waals surface area contributed by atoms with Crippen LogP contribution in [0.5, 0.6) is 0 Å². The fourth-order valence-corrected chi connectivity index (χ4v) is 3.65. The smallest absolute Gasteiger partial charge is 0.0555 e. The molecule has 2 heterocycles. The van der Waals surface area contributed by atoms with Crippen LogP contribution in [0.25, 0.3) is 0 Å². The van der Waals surface area contributed by atoms with Crippen molar-refractivity contribution in [1.29, 1.82) is 0 Å². The van der Waals surface area contributed by atoms with E-state index < -0.39 is 0 Å². The van der Waals surface area contributed by atoms with Gasteiger partial charge in [0, 0.05) is 29.0 Å². The lowest BCUT2D eigenvalue weighted by Gasteiger charge is -2.37. The van der Waals surface area contributed by atoms with Crippen molar-refractivity contribution in [2.24, 2.45) is 5.92 Å². The third kappa shape index (κ3) is 1.83. The van der Waals surface area contributed by atoms with Gasteiger partial charge < -0.3 is 5.32 Å². The van der Waals surface area contributed by atoms with Crippen molar-refractivity contribution in [3.63, 3.8) is 0 Å². The molecule has 1 N–H and O–H groups in total. The molecular weight excluding hydrogens is 268 g/mol. The fourth-order valence-electron chi connectivity index (χ4n) is 3.47. The van der Waals surface area contributed by atoms with Crippen LogP contribution in [0.3, 0.4) is 0 Å². The molecule has 0 bridgehead atoms. The van der Waals surface area contributed by atoms with Crippen molar-refractivity contribution in [2.75, 3.05) is 5.32 Å². The molecule has 0 radical (unpaired) electrons. The van der Waals surface area contributed by atoms with Gasteiger partial charge in [-0.25, -0.2) is 0 Å². The maximum atomic E-state index is 6.16. The van der Waals surface area contributed by atoms with Crippen molar-refractivity contribution < 1.29 is 0 Å². The predicted octanol–water partition coefficient (Wildman–Crippen LogP) is 4.56. The van der Waals surface area contributed by atoms with Crippen LogP contribution in [0, 0.1) is 5.92 Å². The van der Waals surface area contributed by atoms with Gasteiger partial charge in [-0.15, -0.1) is 0 Å². The average molecular weight is 283 g/mol. The molecule has 2 nitrogen and oxygen atoms in total. The SMILES string of the molecule is Clc1ccc2c(c1)[C@@H]1C=CC[C@H]1[C@H](c1ccncc1)N2. The molecular formula is C17H15ClN2. The minimum Gasteiger partial charge on any atom is -0.378 e. The van der Waals surface area contributed by atoms with E-state index in [2.05, 4.69) is 46.7 Å². The third-order valence-electron chi connectivity index (χ3n) is 4.39. The number of hydrogen-bond donors (Lipinski definition) is 1. The molecule has 20 heavy (non-hydrogen) atoms. The van der Waals surface area contributed by atoms with Gasteiger partial charge in [-0.2, -0.15) is 0 Å². The Morgan fingerprint density at radius 2 is 2.00 bits per heavy atom. The first-order chi connectivity index (χ1) is 9.83. The number of nitrogens with zero attached hydrogens (tertiary/aromatic N) is 1. The molecule has 3 atom stereocenters. The van der Waals surface area contributed by atoms with E-state index in [-0.39, 0.29) is 0 Å². The summed E-state index contributed by atoms with van der Waals surface area (Å²) in [5, 5.41) is 4.50. The van der Waals surface area contributed by atoms with Crippen LogP contribution in [-0.4, -0.2) is 4.98 Å². The molecule has 100 valence electrons. The molecule has 0 saturated carbocycles. The lowest BCUT2D eigenvalue weighted by molar-refractivity contribution is 0.425. The summed E-state index contributed by atoms with van der Waals surface area (Å²) in [6.45, 7) is 0. The molecule has 0 saturated heterocycles. The van der Waals surface area contributed by atoms with Crippen LogP contribution < -0.4 is 5.32 Å². The van der Waals surface area contributed by atoms with E-state index in [9.17, 15) is 0 Å². The molecule has 4 rings (SSSR count). The molecule has 0 spiro atoms. The van der Waals surface area contributed by atoms with Crippen LogP contribution >= 0.6 is 11.6 Å². The quantitative estimate of drug-likeness (QED) is 0.776. The Bertz CT molecular complexity index is 666. The number of aromatic nitrogens is 1. The maximum absolute atomic E-state index is 6.16. The third-order valence-corrected chi connectivity index (χ3v) is 4.63. The maximum Gasteiger partial charge on any atom is 0.0555 e. The summed E-state index contributed by atoms with van der Waals surface area (Å²) >= 11 is 6.16. The summed E-state index contributed by atoms with van der Waals surface area (Å²) in [6.07, 6.45) is 9.46. The number of rotatable bonds is 1. The number of halogens is 1. The van der Waals surface area contributed by atoms with Crippen molar-refractivity contribution in [2.45, 2.75) is 18.4 Å². The first-order valence-electron chi connectivity index (χ1n) is 6.95. The first-order valence-corrected chi connectivity index (χ1v) is 7.33. The lowest BCUT2D eigenvalue weighted by Crippen LogP contribution is -2.29. The Morgan fingerprint density at radius 1 is 1.15 bits per heavy atom. The standard InChI is InChI=1S/C17H15ClN2/c18-12-4-5-16-15(10-12)13-2-1-3-14(13)17(20-16)11-6-8-19-9-7-11/h1-2,4-10,13-14,17,20H,3H2/t13-,14-,17+/m1/s1. The Morgan fingerprint density at radius 3 is 2.85 bits per heavy atom. The molecule has 0 fully saturated rings. The van der Waals surface area contributed by atoms with E-state index in [0.717, 1.165) is 11.4 Å². The van der Waals surface area contributed by atoms with Gasteiger partial charge in [0.2, 0.25) is 0 Å². The molecule has 1 aromatic carbocycles. The monoisotopic (exact) mass is 282 g/mol. The topological polar surface area (TPSA) is 24.9 Å². The Kier molecular flexibility index (Phi) is 2.78. The van der Waals surface area contributed by atoms with E-state index in [0.29, 0.717) is 17.9 Å². The number of allylic oxidation sites excluding steroid dienone is 2. The van der Waals surface area contributed by atoms with Gasteiger partial charge in [0.15, 0.2) is 0 Å². The molecule has 0 amide bonds. The van der Waals surface area contributed by atoms with Crippen LogP contribution in [0.15, 0.2) is 54.9 Å². The Hall–Kier alpha value is -1.80. The van der Waals surface area contributed by atoms with E-state index in [1.54, 1.807) is 0 Å². The van der Waals surface area contributed by atoms with Crippen molar-refractivity contribution >= 4 is 17.3 Å². The summed E-state index contributed by atoms with van der Waals surface area (Å²) in [6, 6.07) is 10.7.